The maximum absolute atomic E-state index is 4.29. The summed E-state index contributed by atoms with van der Waals surface area (Å²) in [5, 5.41) is 3.24. The van der Waals surface area contributed by atoms with E-state index in [1.807, 2.05) is 11.7 Å². The molecule has 0 saturated carbocycles. The summed E-state index contributed by atoms with van der Waals surface area (Å²) < 4.78 is 1.25. The molecule has 3 rings (SSSR count). The molecule has 1 aromatic heterocycles. The van der Waals surface area contributed by atoms with Gasteiger partial charge in [0.25, 0.3) is 0 Å². The quantitative estimate of drug-likeness (QED) is 0.687. The van der Waals surface area contributed by atoms with Gasteiger partial charge < -0.3 is 5.32 Å². The molecule has 0 unspecified atom stereocenters. The van der Waals surface area contributed by atoms with Crippen molar-refractivity contribution in [3.05, 3.63) is 35.5 Å². The van der Waals surface area contributed by atoms with Crippen LogP contribution in [0.1, 0.15) is 5.56 Å². The molecule has 0 spiro atoms. The first-order chi connectivity index (χ1) is 6.43. The Hall–Kier alpha value is -1.35. The van der Waals surface area contributed by atoms with Gasteiger partial charge in [0.15, 0.2) is 0 Å². The molecule has 64 valence electrons. The van der Waals surface area contributed by atoms with Crippen LogP contribution >= 0.6 is 11.3 Å². The van der Waals surface area contributed by atoms with E-state index < -0.39 is 0 Å². The molecule has 2 aromatic rings. The normalized spacial score (nSPS) is 14.2. The lowest BCUT2D eigenvalue weighted by molar-refractivity contribution is 1.23. The fraction of sp³-hybridized carbons (Fsp3) is 0.100. The molecule has 1 aromatic carbocycles. The third-order valence-corrected chi connectivity index (χ3v) is 3.04. The Bertz CT molecular complexity index is 443. The lowest BCUT2D eigenvalue weighted by Gasteiger charge is -2.11. The Labute approximate surface area is 79.9 Å². The van der Waals surface area contributed by atoms with Crippen LogP contribution in [0.25, 0.3) is 10.2 Å². The minimum atomic E-state index is 1.01. The number of anilines is 1. The standard InChI is InChI=1S/C10H8N2S/c1-2-7-4-9-10(13-6-12-9)5-8(7)11-3-1/h1,3-6,11H,2H2. The predicted molar refractivity (Wildman–Crippen MR) is 56.1 cm³/mol. The summed E-state index contributed by atoms with van der Waals surface area (Å²) in [5.74, 6) is 0. The van der Waals surface area contributed by atoms with E-state index in [9.17, 15) is 0 Å². The minimum absolute atomic E-state index is 1.01. The highest BCUT2D eigenvalue weighted by atomic mass is 32.1. The first-order valence-electron chi connectivity index (χ1n) is 4.21. The van der Waals surface area contributed by atoms with Gasteiger partial charge >= 0.3 is 0 Å². The third-order valence-electron chi connectivity index (χ3n) is 2.25. The molecular formula is C10H8N2S. The molecule has 1 N–H and O–H groups in total. The number of allylic oxidation sites excluding steroid dienone is 1. The van der Waals surface area contributed by atoms with Crippen LogP contribution in [0.15, 0.2) is 29.9 Å². The van der Waals surface area contributed by atoms with Crippen LogP contribution in [0.5, 0.6) is 0 Å². The lowest BCUT2D eigenvalue weighted by Crippen LogP contribution is -1.98. The summed E-state index contributed by atoms with van der Waals surface area (Å²) in [6.45, 7) is 0. The Kier molecular flexibility index (Phi) is 1.40. The average Bonchev–Trinajstić information content (AvgIpc) is 2.61. The second-order valence-electron chi connectivity index (χ2n) is 3.08. The van der Waals surface area contributed by atoms with E-state index in [0.717, 1.165) is 11.9 Å². The molecule has 13 heavy (non-hydrogen) atoms. The zero-order chi connectivity index (χ0) is 8.67. The number of nitrogens with zero attached hydrogens (tertiary/aromatic N) is 1. The number of benzene rings is 1. The summed E-state index contributed by atoms with van der Waals surface area (Å²) in [7, 11) is 0. The Morgan fingerprint density at radius 3 is 3.38 bits per heavy atom. The molecule has 2 nitrogen and oxygen atoms in total. The van der Waals surface area contributed by atoms with Gasteiger partial charge in [0.1, 0.15) is 0 Å². The third kappa shape index (κ3) is 1.04. The van der Waals surface area contributed by atoms with E-state index in [0.29, 0.717) is 0 Å². The van der Waals surface area contributed by atoms with Crippen molar-refractivity contribution in [2.45, 2.75) is 6.42 Å². The van der Waals surface area contributed by atoms with Crippen LogP contribution in [0.2, 0.25) is 0 Å². The Morgan fingerprint density at radius 2 is 2.38 bits per heavy atom. The van der Waals surface area contributed by atoms with E-state index in [2.05, 4.69) is 28.5 Å². The van der Waals surface area contributed by atoms with Crippen LogP contribution in [0.3, 0.4) is 0 Å². The molecule has 2 heterocycles. The van der Waals surface area contributed by atoms with Gasteiger partial charge in [0, 0.05) is 5.69 Å². The number of thiazole rings is 1. The van der Waals surface area contributed by atoms with E-state index in [-0.39, 0.29) is 0 Å². The second-order valence-corrected chi connectivity index (χ2v) is 3.97. The van der Waals surface area contributed by atoms with Crippen molar-refractivity contribution in [2.75, 3.05) is 5.32 Å². The van der Waals surface area contributed by atoms with Gasteiger partial charge in [-0.15, -0.1) is 11.3 Å². The van der Waals surface area contributed by atoms with Crippen molar-refractivity contribution >= 4 is 27.2 Å². The van der Waals surface area contributed by atoms with Gasteiger partial charge in [0.05, 0.1) is 15.7 Å². The first kappa shape index (κ1) is 7.09. The SMILES string of the molecule is C1=CNc2cc3scnc3cc2C1. The summed E-state index contributed by atoms with van der Waals surface area (Å²) in [4.78, 5) is 4.29. The molecule has 1 aliphatic heterocycles. The van der Waals surface area contributed by atoms with Gasteiger partial charge in [-0.1, -0.05) is 6.08 Å². The van der Waals surface area contributed by atoms with Crippen LogP contribution in [0, 0.1) is 0 Å². The van der Waals surface area contributed by atoms with E-state index in [1.54, 1.807) is 11.3 Å². The number of fused-ring (bicyclic) bond motifs is 2. The lowest BCUT2D eigenvalue weighted by atomic mass is 10.1. The van der Waals surface area contributed by atoms with Crippen LogP contribution < -0.4 is 5.32 Å². The van der Waals surface area contributed by atoms with Crippen molar-refractivity contribution in [1.29, 1.82) is 0 Å². The van der Waals surface area contributed by atoms with Crippen LogP contribution in [-0.2, 0) is 6.42 Å². The first-order valence-corrected chi connectivity index (χ1v) is 5.09. The second kappa shape index (κ2) is 2.57. The molecule has 0 amide bonds. The highest BCUT2D eigenvalue weighted by Gasteiger charge is 2.07. The highest BCUT2D eigenvalue weighted by molar-refractivity contribution is 7.16. The zero-order valence-corrected chi connectivity index (χ0v) is 7.77. The summed E-state index contributed by atoms with van der Waals surface area (Å²) in [6.07, 6.45) is 5.13. The van der Waals surface area contributed by atoms with Crippen molar-refractivity contribution < 1.29 is 0 Å². The van der Waals surface area contributed by atoms with E-state index in [4.69, 9.17) is 0 Å². The van der Waals surface area contributed by atoms with Gasteiger partial charge in [-0.2, -0.15) is 0 Å². The fourth-order valence-corrected chi connectivity index (χ4v) is 2.28. The topological polar surface area (TPSA) is 24.9 Å². The number of hydrogen-bond donors (Lipinski definition) is 1. The largest absolute Gasteiger partial charge is 0.362 e. The number of aromatic nitrogens is 1. The smallest absolute Gasteiger partial charge is 0.0816 e. The van der Waals surface area contributed by atoms with Gasteiger partial charge in [-0.25, -0.2) is 4.98 Å². The van der Waals surface area contributed by atoms with Crippen LogP contribution in [0.4, 0.5) is 5.69 Å². The maximum Gasteiger partial charge on any atom is 0.0816 e. The monoisotopic (exact) mass is 188 g/mol. The zero-order valence-electron chi connectivity index (χ0n) is 6.95. The minimum Gasteiger partial charge on any atom is -0.362 e. The average molecular weight is 188 g/mol. The molecule has 3 heteroatoms. The van der Waals surface area contributed by atoms with Crippen molar-refractivity contribution in [3.8, 4) is 0 Å². The molecular weight excluding hydrogens is 180 g/mol. The molecule has 0 saturated heterocycles. The maximum atomic E-state index is 4.29. The Morgan fingerprint density at radius 1 is 1.38 bits per heavy atom. The summed E-state index contributed by atoms with van der Waals surface area (Å²) in [6, 6.07) is 4.34. The molecule has 0 fully saturated rings. The van der Waals surface area contributed by atoms with Crippen LogP contribution in [-0.4, -0.2) is 4.98 Å². The molecule has 0 radical (unpaired) electrons. The molecule has 0 atom stereocenters. The van der Waals surface area contributed by atoms with Crippen molar-refractivity contribution in [3.63, 3.8) is 0 Å². The molecule has 1 aliphatic rings. The summed E-state index contributed by atoms with van der Waals surface area (Å²) >= 11 is 1.68. The number of nitrogens with one attached hydrogen (secondary N) is 1. The highest BCUT2D eigenvalue weighted by Crippen LogP contribution is 2.28. The van der Waals surface area contributed by atoms with E-state index in [1.165, 1.54) is 16.0 Å². The molecule has 0 bridgehead atoms. The van der Waals surface area contributed by atoms with Gasteiger partial charge in [-0.3, -0.25) is 0 Å². The summed E-state index contributed by atoms with van der Waals surface area (Å²) in [5.41, 5.74) is 5.56. The van der Waals surface area contributed by atoms with Crippen molar-refractivity contribution in [2.24, 2.45) is 0 Å². The van der Waals surface area contributed by atoms with Crippen molar-refractivity contribution in [1.82, 2.24) is 4.98 Å². The number of rotatable bonds is 0. The fourth-order valence-electron chi connectivity index (χ4n) is 1.58. The predicted octanol–water partition coefficient (Wildman–Crippen LogP) is 2.78. The van der Waals surface area contributed by atoms with Gasteiger partial charge in [0.2, 0.25) is 0 Å². The van der Waals surface area contributed by atoms with Gasteiger partial charge in [-0.05, 0) is 30.3 Å². The molecule has 0 aliphatic carbocycles. The Balaban J connectivity index is 2.31. The number of hydrogen-bond acceptors (Lipinski definition) is 3. The van der Waals surface area contributed by atoms with E-state index >= 15 is 0 Å².